The van der Waals surface area contributed by atoms with Gasteiger partial charge in [0.2, 0.25) is 10.0 Å². The van der Waals surface area contributed by atoms with Crippen molar-refractivity contribution in [2.45, 2.75) is 23.3 Å². The van der Waals surface area contributed by atoms with Gasteiger partial charge >= 0.3 is 0 Å². The van der Waals surface area contributed by atoms with Gasteiger partial charge in [-0.15, -0.1) is 0 Å². The molecule has 1 aromatic rings. The number of rotatable bonds is 4. The van der Waals surface area contributed by atoms with E-state index >= 15 is 0 Å². The molecule has 1 aromatic carbocycles. The zero-order valence-corrected chi connectivity index (χ0v) is 11.4. The van der Waals surface area contributed by atoms with Gasteiger partial charge < -0.3 is 9.84 Å². The molecule has 1 heterocycles. The van der Waals surface area contributed by atoms with Crippen molar-refractivity contribution in [1.82, 2.24) is 4.72 Å². The summed E-state index contributed by atoms with van der Waals surface area (Å²) in [5, 5.41) is 10.1. The minimum atomic E-state index is -4.14. The van der Waals surface area contributed by atoms with Gasteiger partial charge in [0, 0.05) is 38.7 Å². The molecule has 0 bridgehead atoms. The van der Waals surface area contributed by atoms with Gasteiger partial charge in [0.1, 0.15) is 16.5 Å². The van der Waals surface area contributed by atoms with Gasteiger partial charge in [-0.3, -0.25) is 0 Å². The van der Waals surface area contributed by atoms with Crippen molar-refractivity contribution in [1.29, 1.82) is 0 Å². The Labute approximate surface area is 115 Å². The molecule has 0 radical (unpaired) electrons. The highest BCUT2D eigenvalue weighted by molar-refractivity contribution is 7.89. The zero-order chi connectivity index (χ0) is 14.8. The Kier molecular flexibility index (Phi) is 4.38. The van der Waals surface area contributed by atoms with Gasteiger partial charge in [-0.2, -0.15) is 0 Å². The van der Waals surface area contributed by atoms with Crippen LogP contribution in [0.1, 0.15) is 12.8 Å². The summed E-state index contributed by atoms with van der Waals surface area (Å²) in [6.45, 7) is 0.432. The molecule has 0 aromatic heterocycles. The van der Waals surface area contributed by atoms with Crippen LogP contribution in [0.2, 0.25) is 0 Å². The molecule has 2 rings (SSSR count). The molecule has 0 spiro atoms. The van der Waals surface area contributed by atoms with Crippen LogP contribution in [0.5, 0.6) is 0 Å². The number of ether oxygens (including phenoxy) is 1. The smallest absolute Gasteiger partial charge is 0.243 e. The monoisotopic (exact) mass is 307 g/mol. The molecule has 0 amide bonds. The van der Waals surface area contributed by atoms with Gasteiger partial charge in [-0.25, -0.2) is 21.9 Å². The molecule has 1 saturated heterocycles. The van der Waals surface area contributed by atoms with E-state index in [-0.39, 0.29) is 6.54 Å². The summed E-state index contributed by atoms with van der Waals surface area (Å²) in [5.74, 6) is -2.03. The van der Waals surface area contributed by atoms with Crippen molar-refractivity contribution in [3.63, 3.8) is 0 Å². The molecule has 0 aliphatic carbocycles. The van der Waals surface area contributed by atoms with E-state index in [9.17, 15) is 22.3 Å². The largest absolute Gasteiger partial charge is 0.388 e. The first-order valence-electron chi connectivity index (χ1n) is 6.07. The second-order valence-electron chi connectivity index (χ2n) is 4.74. The van der Waals surface area contributed by atoms with E-state index in [1.165, 1.54) is 0 Å². The summed E-state index contributed by atoms with van der Waals surface area (Å²) < 4.78 is 57.3. The number of hydrogen-bond acceptors (Lipinski definition) is 4. The van der Waals surface area contributed by atoms with Crippen molar-refractivity contribution >= 4 is 10.0 Å². The Morgan fingerprint density at radius 1 is 1.30 bits per heavy atom. The molecule has 0 atom stereocenters. The van der Waals surface area contributed by atoms with Crippen LogP contribution in [-0.2, 0) is 14.8 Å². The molecule has 0 unspecified atom stereocenters. The fraction of sp³-hybridized carbons (Fsp3) is 0.500. The van der Waals surface area contributed by atoms with Crippen LogP contribution < -0.4 is 4.72 Å². The van der Waals surface area contributed by atoms with Crippen molar-refractivity contribution in [2.24, 2.45) is 0 Å². The zero-order valence-electron chi connectivity index (χ0n) is 10.6. The van der Waals surface area contributed by atoms with Crippen LogP contribution in [0, 0.1) is 11.6 Å². The third-order valence-corrected chi connectivity index (χ3v) is 4.63. The van der Waals surface area contributed by atoms with Crippen LogP contribution in [0.15, 0.2) is 23.1 Å². The predicted molar refractivity (Wildman–Crippen MR) is 66.5 cm³/mol. The third-order valence-electron chi connectivity index (χ3n) is 3.20. The van der Waals surface area contributed by atoms with E-state index in [2.05, 4.69) is 4.72 Å². The second kappa shape index (κ2) is 5.72. The summed E-state index contributed by atoms with van der Waals surface area (Å²) in [5.41, 5.74) is -1.21. The number of hydrogen-bond donors (Lipinski definition) is 2. The number of nitrogens with one attached hydrogen (secondary N) is 1. The average molecular weight is 307 g/mol. The van der Waals surface area contributed by atoms with E-state index in [1.807, 2.05) is 0 Å². The molecular formula is C12H15F2NO4S. The van der Waals surface area contributed by atoms with E-state index in [4.69, 9.17) is 4.74 Å². The summed E-state index contributed by atoms with van der Waals surface area (Å²) in [6, 6.07) is 2.21. The molecule has 20 heavy (non-hydrogen) atoms. The quantitative estimate of drug-likeness (QED) is 0.862. The maximum atomic E-state index is 13.5. The molecule has 8 heteroatoms. The lowest BCUT2D eigenvalue weighted by Crippen LogP contribution is -2.46. The van der Waals surface area contributed by atoms with Gasteiger partial charge in [0.15, 0.2) is 0 Å². The summed E-state index contributed by atoms with van der Waals surface area (Å²) in [4.78, 5) is -0.644. The first-order valence-corrected chi connectivity index (χ1v) is 7.56. The van der Waals surface area contributed by atoms with Crippen LogP contribution in [-0.4, -0.2) is 38.9 Å². The Morgan fingerprint density at radius 2 is 1.95 bits per heavy atom. The minimum Gasteiger partial charge on any atom is -0.388 e. The number of halogens is 2. The van der Waals surface area contributed by atoms with Crippen LogP contribution >= 0.6 is 0 Å². The molecule has 112 valence electrons. The van der Waals surface area contributed by atoms with Crippen molar-refractivity contribution in [3.05, 3.63) is 29.8 Å². The summed E-state index contributed by atoms with van der Waals surface area (Å²) in [6.07, 6.45) is 0.586. The summed E-state index contributed by atoms with van der Waals surface area (Å²) in [7, 11) is -4.14. The predicted octanol–water partition coefficient (Wildman–Crippen LogP) is 0.785. The Morgan fingerprint density at radius 3 is 2.55 bits per heavy atom. The fourth-order valence-electron chi connectivity index (χ4n) is 1.93. The Hall–Kier alpha value is -1.09. The maximum absolute atomic E-state index is 13.5. The lowest BCUT2D eigenvalue weighted by atomic mass is 9.95. The molecule has 5 nitrogen and oxygen atoms in total. The summed E-state index contributed by atoms with van der Waals surface area (Å²) >= 11 is 0. The van der Waals surface area contributed by atoms with Gasteiger partial charge in [0.05, 0.1) is 5.60 Å². The first-order chi connectivity index (χ1) is 9.32. The highest BCUT2D eigenvalue weighted by atomic mass is 32.2. The van der Waals surface area contributed by atoms with Gasteiger partial charge in [0.25, 0.3) is 0 Å². The van der Waals surface area contributed by atoms with E-state index in [0.29, 0.717) is 32.1 Å². The number of aliphatic hydroxyl groups is 1. The highest BCUT2D eigenvalue weighted by Gasteiger charge is 2.32. The second-order valence-corrected chi connectivity index (χ2v) is 6.47. The topological polar surface area (TPSA) is 75.6 Å². The normalized spacial score (nSPS) is 18.9. The number of sulfonamides is 1. The fourth-order valence-corrected chi connectivity index (χ4v) is 3.11. The van der Waals surface area contributed by atoms with Crippen molar-refractivity contribution in [2.75, 3.05) is 19.8 Å². The first kappa shape index (κ1) is 15.3. The third kappa shape index (κ3) is 3.51. The van der Waals surface area contributed by atoms with Crippen LogP contribution in [0.25, 0.3) is 0 Å². The standard InChI is InChI=1S/C12H15F2NO4S/c13-9-1-2-11(10(14)7-9)20(17,18)15-8-12(16)3-5-19-6-4-12/h1-2,7,15-16H,3-6,8H2. The van der Waals surface area contributed by atoms with Gasteiger partial charge in [-0.05, 0) is 12.1 Å². The SMILES string of the molecule is O=S(=O)(NCC1(O)CCOCC1)c1ccc(F)cc1F. The lowest BCUT2D eigenvalue weighted by molar-refractivity contribution is -0.0588. The van der Waals surface area contributed by atoms with E-state index < -0.39 is 32.2 Å². The molecule has 1 aliphatic rings. The lowest BCUT2D eigenvalue weighted by Gasteiger charge is -2.31. The van der Waals surface area contributed by atoms with E-state index in [1.54, 1.807) is 0 Å². The maximum Gasteiger partial charge on any atom is 0.243 e. The molecule has 0 saturated carbocycles. The van der Waals surface area contributed by atoms with Crippen LogP contribution in [0.3, 0.4) is 0 Å². The molecule has 1 aliphatic heterocycles. The average Bonchev–Trinajstić information content (AvgIpc) is 2.37. The molecular weight excluding hydrogens is 292 g/mol. The van der Waals surface area contributed by atoms with Crippen LogP contribution in [0.4, 0.5) is 8.78 Å². The Bertz CT molecular complexity index is 585. The number of benzene rings is 1. The molecule has 1 fully saturated rings. The van der Waals surface area contributed by atoms with Gasteiger partial charge in [-0.1, -0.05) is 0 Å². The van der Waals surface area contributed by atoms with Crippen molar-refractivity contribution in [3.8, 4) is 0 Å². The highest BCUT2D eigenvalue weighted by Crippen LogP contribution is 2.21. The molecule has 2 N–H and O–H groups in total. The minimum absolute atomic E-state index is 0.241. The Balaban J connectivity index is 2.11. The van der Waals surface area contributed by atoms with E-state index in [0.717, 1.165) is 12.1 Å². The van der Waals surface area contributed by atoms with Crippen molar-refractivity contribution < 1.29 is 27.0 Å².